The van der Waals surface area contributed by atoms with Gasteiger partial charge >= 0.3 is 0 Å². The van der Waals surface area contributed by atoms with E-state index in [1.165, 1.54) is 11.4 Å². The molecule has 1 aromatic carbocycles. The van der Waals surface area contributed by atoms with Crippen LogP contribution in [0.15, 0.2) is 23.6 Å². The molecule has 0 fully saturated rings. The molecule has 2 heterocycles. The summed E-state index contributed by atoms with van der Waals surface area (Å²) in [4.78, 5) is 4.69. The van der Waals surface area contributed by atoms with E-state index in [4.69, 9.17) is 9.47 Å². The number of nitrogens with one attached hydrogen (secondary N) is 1. The van der Waals surface area contributed by atoms with Gasteiger partial charge in [-0.05, 0) is 31.2 Å². The molecular weight excluding hydrogens is 272 g/mol. The van der Waals surface area contributed by atoms with Crippen LogP contribution in [0, 0.1) is 0 Å². The van der Waals surface area contributed by atoms with E-state index in [1.807, 2.05) is 18.2 Å². The Bertz CT molecular complexity index is 583. The third kappa shape index (κ3) is 2.94. The first-order chi connectivity index (χ1) is 9.86. The standard InChI is InChI=1S/C15H18N2O2S/c1-2-6-16-7-5-15-17-12(9-20-15)11-3-4-13-14(8-11)19-10-18-13/h3-4,8-9,16H,2,5-7,10H2,1H3. The lowest BCUT2D eigenvalue weighted by molar-refractivity contribution is 0.174. The lowest BCUT2D eigenvalue weighted by Crippen LogP contribution is -2.17. The van der Waals surface area contributed by atoms with E-state index < -0.39 is 0 Å². The summed E-state index contributed by atoms with van der Waals surface area (Å²) in [6.45, 7) is 4.54. The van der Waals surface area contributed by atoms with Crippen LogP contribution in [0.4, 0.5) is 0 Å². The van der Waals surface area contributed by atoms with Crippen LogP contribution in [0.1, 0.15) is 18.4 Å². The fraction of sp³-hybridized carbons (Fsp3) is 0.400. The van der Waals surface area contributed by atoms with Crippen molar-refractivity contribution >= 4 is 11.3 Å². The van der Waals surface area contributed by atoms with Crippen molar-refractivity contribution in [1.82, 2.24) is 10.3 Å². The molecule has 1 aliphatic rings. The molecule has 0 saturated carbocycles. The van der Waals surface area contributed by atoms with E-state index in [2.05, 4.69) is 22.6 Å². The Morgan fingerprint density at radius 2 is 2.15 bits per heavy atom. The van der Waals surface area contributed by atoms with Crippen LogP contribution >= 0.6 is 11.3 Å². The number of aromatic nitrogens is 1. The highest BCUT2D eigenvalue weighted by Crippen LogP contribution is 2.36. The molecule has 1 N–H and O–H groups in total. The molecule has 0 bridgehead atoms. The second kappa shape index (κ2) is 6.24. The van der Waals surface area contributed by atoms with Gasteiger partial charge in [-0.1, -0.05) is 6.92 Å². The highest BCUT2D eigenvalue weighted by atomic mass is 32.1. The molecule has 5 heteroatoms. The van der Waals surface area contributed by atoms with Crippen molar-refractivity contribution in [3.05, 3.63) is 28.6 Å². The summed E-state index contributed by atoms with van der Waals surface area (Å²) < 4.78 is 10.7. The monoisotopic (exact) mass is 290 g/mol. The molecule has 0 unspecified atom stereocenters. The first-order valence-corrected chi connectivity index (χ1v) is 7.80. The van der Waals surface area contributed by atoms with Gasteiger partial charge in [-0.2, -0.15) is 0 Å². The van der Waals surface area contributed by atoms with Crippen molar-refractivity contribution < 1.29 is 9.47 Å². The molecule has 106 valence electrons. The number of fused-ring (bicyclic) bond motifs is 1. The van der Waals surface area contributed by atoms with E-state index in [0.717, 1.165) is 42.3 Å². The Morgan fingerprint density at radius 1 is 1.25 bits per heavy atom. The maximum atomic E-state index is 5.40. The third-order valence-corrected chi connectivity index (χ3v) is 4.07. The topological polar surface area (TPSA) is 43.4 Å². The molecule has 4 nitrogen and oxygen atoms in total. The van der Waals surface area contributed by atoms with E-state index in [0.29, 0.717) is 6.79 Å². The van der Waals surface area contributed by atoms with Gasteiger partial charge in [0, 0.05) is 23.9 Å². The van der Waals surface area contributed by atoms with Crippen molar-refractivity contribution in [3.8, 4) is 22.8 Å². The Morgan fingerprint density at radius 3 is 3.05 bits per heavy atom. The second-order valence-electron chi connectivity index (χ2n) is 4.69. The highest BCUT2D eigenvalue weighted by Gasteiger charge is 2.14. The zero-order valence-electron chi connectivity index (χ0n) is 11.5. The number of benzene rings is 1. The number of rotatable bonds is 6. The molecule has 0 saturated heterocycles. The van der Waals surface area contributed by atoms with Crippen LogP contribution in [0.5, 0.6) is 11.5 Å². The smallest absolute Gasteiger partial charge is 0.231 e. The average Bonchev–Trinajstić information content (AvgIpc) is 3.11. The van der Waals surface area contributed by atoms with Gasteiger partial charge in [0.15, 0.2) is 11.5 Å². The fourth-order valence-electron chi connectivity index (χ4n) is 2.11. The second-order valence-corrected chi connectivity index (χ2v) is 5.64. The van der Waals surface area contributed by atoms with Gasteiger partial charge in [-0.25, -0.2) is 4.98 Å². The summed E-state index contributed by atoms with van der Waals surface area (Å²) in [5.41, 5.74) is 2.09. The van der Waals surface area contributed by atoms with Crippen LogP contribution in [-0.4, -0.2) is 24.9 Å². The molecule has 1 aromatic heterocycles. The van der Waals surface area contributed by atoms with Crippen LogP contribution in [0.2, 0.25) is 0 Å². The van der Waals surface area contributed by atoms with Gasteiger partial charge in [-0.3, -0.25) is 0 Å². The Balaban J connectivity index is 1.67. The molecule has 0 radical (unpaired) electrons. The van der Waals surface area contributed by atoms with E-state index in [-0.39, 0.29) is 0 Å². The predicted molar refractivity (Wildman–Crippen MR) is 80.5 cm³/mol. The minimum Gasteiger partial charge on any atom is -0.454 e. The normalized spacial score (nSPS) is 12.8. The largest absolute Gasteiger partial charge is 0.454 e. The minimum absolute atomic E-state index is 0.310. The van der Waals surface area contributed by atoms with Crippen molar-refractivity contribution in [2.24, 2.45) is 0 Å². The van der Waals surface area contributed by atoms with Gasteiger partial charge < -0.3 is 14.8 Å². The lowest BCUT2D eigenvalue weighted by atomic mass is 10.1. The number of thiazole rings is 1. The van der Waals surface area contributed by atoms with Crippen molar-refractivity contribution in [3.63, 3.8) is 0 Å². The SMILES string of the molecule is CCCNCCc1nc(-c2ccc3c(c2)OCO3)cs1. The summed E-state index contributed by atoms with van der Waals surface area (Å²) in [6.07, 6.45) is 2.15. The molecule has 20 heavy (non-hydrogen) atoms. The Labute approximate surface area is 122 Å². The van der Waals surface area contributed by atoms with Gasteiger partial charge in [0.05, 0.1) is 10.7 Å². The van der Waals surface area contributed by atoms with Crippen molar-refractivity contribution in [2.75, 3.05) is 19.9 Å². The maximum absolute atomic E-state index is 5.40. The van der Waals surface area contributed by atoms with E-state index in [9.17, 15) is 0 Å². The van der Waals surface area contributed by atoms with Crippen molar-refractivity contribution in [2.45, 2.75) is 19.8 Å². The third-order valence-electron chi connectivity index (χ3n) is 3.16. The van der Waals surface area contributed by atoms with E-state index in [1.54, 1.807) is 11.3 Å². The fourth-order valence-corrected chi connectivity index (χ4v) is 2.92. The number of ether oxygens (including phenoxy) is 2. The summed E-state index contributed by atoms with van der Waals surface area (Å²) in [5, 5.41) is 6.67. The summed E-state index contributed by atoms with van der Waals surface area (Å²) in [7, 11) is 0. The zero-order chi connectivity index (χ0) is 13.8. The summed E-state index contributed by atoms with van der Waals surface area (Å²) in [6, 6.07) is 5.97. The van der Waals surface area contributed by atoms with E-state index >= 15 is 0 Å². The van der Waals surface area contributed by atoms with Crippen LogP contribution in [-0.2, 0) is 6.42 Å². The number of nitrogens with zero attached hydrogens (tertiary/aromatic N) is 1. The van der Waals surface area contributed by atoms with Crippen LogP contribution in [0.3, 0.4) is 0 Å². The van der Waals surface area contributed by atoms with Crippen molar-refractivity contribution in [1.29, 1.82) is 0 Å². The minimum atomic E-state index is 0.310. The Hall–Kier alpha value is -1.59. The molecule has 0 spiro atoms. The first kappa shape index (κ1) is 13.4. The maximum Gasteiger partial charge on any atom is 0.231 e. The highest BCUT2D eigenvalue weighted by molar-refractivity contribution is 7.09. The van der Waals surface area contributed by atoms with Gasteiger partial charge in [0.1, 0.15) is 0 Å². The van der Waals surface area contributed by atoms with Gasteiger partial charge in [0.25, 0.3) is 0 Å². The summed E-state index contributed by atoms with van der Waals surface area (Å²) >= 11 is 1.71. The molecular formula is C15H18N2O2S. The number of hydrogen-bond acceptors (Lipinski definition) is 5. The average molecular weight is 290 g/mol. The molecule has 0 atom stereocenters. The molecule has 2 aromatic rings. The van der Waals surface area contributed by atoms with Crippen LogP contribution < -0.4 is 14.8 Å². The molecule has 0 amide bonds. The quantitative estimate of drug-likeness (QED) is 0.830. The first-order valence-electron chi connectivity index (χ1n) is 6.92. The van der Waals surface area contributed by atoms with Crippen LogP contribution in [0.25, 0.3) is 11.3 Å². The predicted octanol–water partition coefficient (Wildman–Crippen LogP) is 3.08. The summed E-state index contributed by atoms with van der Waals surface area (Å²) in [5.74, 6) is 1.62. The lowest BCUT2D eigenvalue weighted by Gasteiger charge is -2.00. The van der Waals surface area contributed by atoms with Gasteiger partial charge in [0.2, 0.25) is 6.79 Å². The number of hydrogen-bond donors (Lipinski definition) is 1. The molecule has 1 aliphatic heterocycles. The van der Waals surface area contributed by atoms with Gasteiger partial charge in [-0.15, -0.1) is 11.3 Å². The Kier molecular flexibility index (Phi) is 4.18. The zero-order valence-corrected chi connectivity index (χ0v) is 12.3. The molecule has 0 aliphatic carbocycles. The molecule has 3 rings (SSSR count).